The van der Waals surface area contributed by atoms with E-state index in [9.17, 15) is 23.1 Å². The van der Waals surface area contributed by atoms with Gasteiger partial charge >= 0.3 is 5.97 Å². The monoisotopic (exact) mass is 508 g/mol. The molecule has 0 radical (unpaired) electrons. The molecule has 34 heavy (non-hydrogen) atoms. The van der Waals surface area contributed by atoms with Crippen molar-refractivity contribution < 1.29 is 27.9 Å². The second kappa shape index (κ2) is 10.8. The number of benzene rings is 2. The van der Waals surface area contributed by atoms with Crippen LogP contribution in [0.4, 0.5) is 0 Å². The molecule has 0 bridgehead atoms. The molecule has 1 saturated heterocycles. The highest BCUT2D eigenvalue weighted by atomic mass is 35.5. The number of ether oxygens (including phenoxy) is 1. The third-order valence-corrected chi connectivity index (χ3v) is 7.76. The van der Waals surface area contributed by atoms with Gasteiger partial charge in [-0.2, -0.15) is 4.31 Å². The minimum atomic E-state index is -3.88. The van der Waals surface area contributed by atoms with Gasteiger partial charge in [0.15, 0.2) is 0 Å². The maximum absolute atomic E-state index is 13.2. The molecule has 3 rings (SSSR count). The molecule has 1 fully saturated rings. The maximum Gasteiger partial charge on any atom is 0.329 e. The van der Waals surface area contributed by atoms with E-state index in [0.717, 1.165) is 5.56 Å². The Balaban J connectivity index is 1.82. The van der Waals surface area contributed by atoms with Gasteiger partial charge in [0.05, 0.1) is 16.0 Å². The van der Waals surface area contributed by atoms with Gasteiger partial charge < -0.3 is 15.2 Å². The second-order valence-electron chi connectivity index (χ2n) is 8.62. The van der Waals surface area contributed by atoms with E-state index < -0.39 is 40.1 Å². The first-order valence-electron chi connectivity index (χ1n) is 11.1. The van der Waals surface area contributed by atoms with Crippen LogP contribution >= 0.6 is 11.6 Å². The van der Waals surface area contributed by atoms with E-state index in [-0.39, 0.29) is 28.6 Å². The zero-order valence-corrected chi connectivity index (χ0v) is 20.9. The van der Waals surface area contributed by atoms with Crippen molar-refractivity contribution in [2.45, 2.75) is 63.1 Å². The average molecular weight is 509 g/mol. The quantitative estimate of drug-likeness (QED) is 0.529. The number of amides is 1. The number of phenols is 1. The van der Waals surface area contributed by atoms with Gasteiger partial charge in [-0.3, -0.25) is 4.79 Å². The van der Waals surface area contributed by atoms with E-state index in [4.69, 9.17) is 16.3 Å². The van der Waals surface area contributed by atoms with Gasteiger partial charge in [-0.25, -0.2) is 13.2 Å². The van der Waals surface area contributed by atoms with Crippen molar-refractivity contribution in [2.24, 2.45) is 0 Å². The van der Waals surface area contributed by atoms with E-state index in [0.29, 0.717) is 18.4 Å². The van der Waals surface area contributed by atoms with Crippen molar-refractivity contribution in [1.82, 2.24) is 9.62 Å². The topological polar surface area (TPSA) is 113 Å². The number of carbonyl (C=O) groups excluding carboxylic acids is 2. The Morgan fingerprint density at radius 1 is 1.21 bits per heavy atom. The summed E-state index contributed by atoms with van der Waals surface area (Å²) in [6.07, 6.45) is 0.528. The fraction of sp³-hybridized carbons (Fsp3) is 0.417. The Kier molecular flexibility index (Phi) is 8.22. The van der Waals surface area contributed by atoms with Gasteiger partial charge in [0.25, 0.3) is 0 Å². The highest BCUT2D eigenvalue weighted by molar-refractivity contribution is 7.89. The fourth-order valence-electron chi connectivity index (χ4n) is 3.82. The molecule has 8 nitrogen and oxygen atoms in total. The first kappa shape index (κ1) is 26.0. The molecule has 1 aliphatic rings. The number of nitrogens with one attached hydrogen (secondary N) is 1. The molecule has 2 atom stereocenters. The van der Waals surface area contributed by atoms with Crippen LogP contribution in [0.5, 0.6) is 5.75 Å². The van der Waals surface area contributed by atoms with Crippen LogP contribution in [-0.4, -0.2) is 54.4 Å². The third-order valence-electron chi connectivity index (χ3n) is 5.54. The van der Waals surface area contributed by atoms with Gasteiger partial charge in [-0.05, 0) is 63.4 Å². The van der Waals surface area contributed by atoms with Crippen LogP contribution < -0.4 is 5.32 Å². The number of aryl methyl sites for hydroxylation is 1. The van der Waals surface area contributed by atoms with Crippen molar-refractivity contribution in [3.63, 3.8) is 0 Å². The number of sulfonamides is 1. The van der Waals surface area contributed by atoms with Crippen molar-refractivity contribution in [3.8, 4) is 5.75 Å². The Morgan fingerprint density at radius 3 is 2.50 bits per heavy atom. The Hall–Kier alpha value is -2.62. The molecule has 0 spiro atoms. The Bertz CT molecular complexity index is 1150. The number of nitrogens with zero attached hydrogens (tertiary/aromatic N) is 1. The minimum absolute atomic E-state index is 0.0642. The lowest BCUT2D eigenvalue weighted by Crippen LogP contribution is -2.52. The highest BCUT2D eigenvalue weighted by Crippen LogP contribution is 2.27. The number of carbonyl (C=O) groups is 2. The van der Waals surface area contributed by atoms with E-state index >= 15 is 0 Å². The molecular formula is C24H29ClN2O6S. The summed E-state index contributed by atoms with van der Waals surface area (Å²) in [6, 6.07) is 8.96. The first-order chi connectivity index (χ1) is 16.0. The number of aromatic hydroxyl groups is 1. The molecule has 184 valence electrons. The van der Waals surface area contributed by atoms with E-state index in [1.807, 2.05) is 6.92 Å². The molecule has 2 N–H and O–H groups in total. The lowest BCUT2D eigenvalue weighted by Gasteiger charge is -2.26. The zero-order chi connectivity index (χ0) is 25.0. The average Bonchev–Trinajstić information content (AvgIpc) is 3.27. The normalized spacial score (nSPS) is 17.5. The van der Waals surface area contributed by atoms with E-state index in [1.165, 1.54) is 28.6 Å². The van der Waals surface area contributed by atoms with Crippen LogP contribution in [0.15, 0.2) is 47.4 Å². The van der Waals surface area contributed by atoms with E-state index in [1.54, 1.807) is 32.0 Å². The summed E-state index contributed by atoms with van der Waals surface area (Å²) in [5.74, 6) is -1.30. The molecule has 1 amide bonds. The number of halogens is 1. The summed E-state index contributed by atoms with van der Waals surface area (Å²) in [7, 11) is -3.88. The molecule has 10 heteroatoms. The molecular weight excluding hydrogens is 480 g/mol. The van der Waals surface area contributed by atoms with Crippen LogP contribution in [-0.2, 0) is 30.8 Å². The van der Waals surface area contributed by atoms with Gasteiger partial charge in [0.1, 0.15) is 17.8 Å². The standard InChI is InChI=1S/C24H29ClN2O6S/c1-15(2)33-24(30)20(14-17-8-11-22(28)19(25)13-17)26-23(29)21-5-4-12-27(21)34(31,32)18-9-6-16(3)7-10-18/h6-11,13,15,20-21,28H,4-5,12,14H2,1-3H3,(H,26,29)/t20-,21-/m0/s1. The molecule has 0 aliphatic carbocycles. The van der Waals surface area contributed by atoms with Gasteiger partial charge in [-0.1, -0.05) is 35.4 Å². The summed E-state index contributed by atoms with van der Waals surface area (Å²) >= 11 is 5.98. The Labute approximate surface area is 204 Å². The lowest BCUT2D eigenvalue weighted by molar-refractivity contribution is -0.151. The molecule has 0 unspecified atom stereocenters. The molecule has 2 aromatic rings. The molecule has 2 aromatic carbocycles. The van der Waals surface area contributed by atoms with Gasteiger partial charge in [0.2, 0.25) is 15.9 Å². The SMILES string of the molecule is Cc1ccc(S(=O)(=O)N2CCC[C@H]2C(=O)N[C@@H](Cc2ccc(O)c(Cl)c2)C(=O)OC(C)C)cc1. The summed E-state index contributed by atoms with van der Waals surface area (Å²) in [4.78, 5) is 26.1. The van der Waals surface area contributed by atoms with Crippen LogP contribution in [0.2, 0.25) is 5.02 Å². The summed E-state index contributed by atoms with van der Waals surface area (Å²) in [6.45, 7) is 5.46. The number of phenolic OH excluding ortho intramolecular Hbond substituents is 1. The smallest absolute Gasteiger partial charge is 0.329 e. The molecule has 1 heterocycles. The first-order valence-corrected chi connectivity index (χ1v) is 12.9. The predicted molar refractivity (Wildman–Crippen MR) is 128 cm³/mol. The second-order valence-corrected chi connectivity index (χ2v) is 10.9. The van der Waals surface area contributed by atoms with Crippen LogP contribution in [0.25, 0.3) is 0 Å². The number of hydrogen-bond donors (Lipinski definition) is 2. The van der Waals surface area contributed by atoms with Crippen LogP contribution in [0.3, 0.4) is 0 Å². The summed E-state index contributed by atoms with van der Waals surface area (Å²) < 4.78 is 32.9. The van der Waals surface area contributed by atoms with Crippen LogP contribution in [0.1, 0.15) is 37.8 Å². The molecule has 1 aliphatic heterocycles. The van der Waals surface area contributed by atoms with Crippen molar-refractivity contribution in [1.29, 1.82) is 0 Å². The number of hydrogen-bond acceptors (Lipinski definition) is 6. The third kappa shape index (κ3) is 6.08. The van der Waals surface area contributed by atoms with Crippen LogP contribution in [0, 0.1) is 6.92 Å². The Morgan fingerprint density at radius 2 is 1.88 bits per heavy atom. The minimum Gasteiger partial charge on any atom is -0.506 e. The molecule has 0 aromatic heterocycles. The summed E-state index contributed by atoms with van der Waals surface area (Å²) in [5.41, 5.74) is 1.53. The van der Waals surface area contributed by atoms with Gasteiger partial charge in [-0.15, -0.1) is 0 Å². The number of esters is 1. The van der Waals surface area contributed by atoms with Gasteiger partial charge in [0, 0.05) is 13.0 Å². The fourth-order valence-corrected chi connectivity index (χ4v) is 5.68. The molecule has 0 saturated carbocycles. The highest BCUT2D eigenvalue weighted by Gasteiger charge is 2.40. The zero-order valence-electron chi connectivity index (χ0n) is 19.3. The lowest BCUT2D eigenvalue weighted by atomic mass is 10.0. The largest absolute Gasteiger partial charge is 0.506 e. The predicted octanol–water partition coefficient (Wildman–Crippen LogP) is 3.19. The van der Waals surface area contributed by atoms with Crippen molar-refractivity contribution >= 4 is 33.5 Å². The van der Waals surface area contributed by atoms with E-state index in [2.05, 4.69) is 5.32 Å². The summed E-state index contributed by atoms with van der Waals surface area (Å²) in [5, 5.41) is 12.5. The van der Waals surface area contributed by atoms with Crippen molar-refractivity contribution in [3.05, 3.63) is 58.6 Å². The number of rotatable bonds is 8. The van der Waals surface area contributed by atoms with Crippen molar-refractivity contribution in [2.75, 3.05) is 6.54 Å². The maximum atomic E-state index is 13.2.